The van der Waals surface area contributed by atoms with Gasteiger partial charge in [0.05, 0.1) is 10.8 Å². The van der Waals surface area contributed by atoms with Crippen molar-refractivity contribution in [3.05, 3.63) is 52.7 Å². The number of anilines is 1. The Morgan fingerprint density at radius 1 is 1.08 bits per heavy atom. The van der Waals surface area contributed by atoms with E-state index in [-0.39, 0.29) is 5.91 Å². The number of hydrogen-bond acceptors (Lipinski definition) is 4. The minimum Gasteiger partial charge on any atom is -0.353 e. The summed E-state index contributed by atoms with van der Waals surface area (Å²) in [6.45, 7) is 3.11. The highest BCUT2D eigenvalue weighted by molar-refractivity contribution is 8.00. The quantitative estimate of drug-likeness (QED) is 0.750. The molecular weight excluding hydrogens is 366 g/mol. The molecule has 6 heteroatoms. The Labute approximate surface area is 163 Å². The van der Waals surface area contributed by atoms with Crippen LogP contribution in [0, 0.1) is 0 Å². The van der Waals surface area contributed by atoms with Crippen molar-refractivity contribution in [1.82, 2.24) is 9.88 Å². The van der Waals surface area contributed by atoms with Gasteiger partial charge in [-0.25, -0.2) is 4.98 Å². The van der Waals surface area contributed by atoms with E-state index in [1.165, 1.54) is 35.3 Å². The maximum atomic E-state index is 12.5. The average molecular weight is 388 g/mol. The highest BCUT2D eigenvalue weighted by Gasteiger charge is 2.22. The van der Waals surface area contributed by atoms with Crippen molar-refractivity contribution >= 4 is 35.1 Å². The molecule has 2 aliphatic rings. The SMILES string of the molecule is O=C(CSc1ccc2c(c1)CCC2)N1CCN(c2ccc(Cl)cn2)CC1. The zero-order chi connectivity index (χ0) is 17.9. The average Bonchev–Trinajstić information content (AvgIpc) is 3.15. The Kier molecular flexibility index (Phi) is 5.36. The van der Waals surface area contributed by atoms with E-state index in [1.54, 1.807) is 18.0 Å². The number of carbonyl (C=O) groups is 1. The van der Waals surface area contributed by atoms with Crippen molar-refractivity contribution in [2.45, 2.75) is 24.2 Å². The molecule has 1 amide bonds. The summed E-state index contributed by atoms with van der Waals surface area (Å²) in [4.78, 5) is 22.3. The monoisotopic (exact) mass is 387 g/mol. The first-order valence-corrected chi connectivity index (χ1v) is 10.4. The van der Waals surface area contributed by atoms with E-state index in [9.17, 15) is 4.79 Å². The Balaban J connectivity index is 1.27. The lowest BCUT2D eigenvalue weighted by Crippen LogP contribution is -2.49. The number of aryl methyl sites for hydroxylation is 2. The second-order valence-corrected chi connectivity index (χ2v) is 8.26. The van der Waals surface area contributed by atoms with Gasteiger partial charge in [0.15, 0.2) is 0 Å². The molecule has 2 aromatic rings. The smallest absolute Gasteiger partial charge is 0.233 e. The van der Waals surface area contributed by atoms with Crippen molar-refractivity contribution in [2.24, 2.45) is 0 Å². The number of rotatable bonds is 4. The molecule has 1 aliphatic heterocycles. The van der Waals surface area contributed by atoms with Crippen LogP contribution in [0.3, 0.4) is 0 Å². The number of benzene rings is 1. The summed E-state index contributed by atoms with van der Waals surface area (Å²) in [5, 5.41) is 0.645. The van der Waals surface area contributed by atoms with Gasteiger partial charge < -0.3 is 9.80 Å². The molecule has 2 heterocycles. The van der Waals surface area contributed by atoms with Crippen LogP contribution in [-0.2, 0) is 17.6 Å². The van der Waals surface area contributed by atoms with Crippen LogP contribution < -0.4 is 4.90 Å². The summed E-state index contributed by atoms with van der Waals surface area (Å²) < 4.78 is 0. The molecule has 0 bridgehead atoms. The summed E-state index contributed by atoms with van der Waals surface area (Å²) in [7, 11) is 0. The molecule has 0 radical (unpaired) electrons. The lowest BCUT2D eigenvalue weighted by Gasteiger charge is -2.35. The number of piperazine rings is 1. The molecule has 0 unspecified atom stereocenters. The molecule has 1 aromatic carbocycles. The maximum absolute atomic E-state index is 12.5. The number of nitrogens with zero attached hydrogens (tertiary/aromatic N) is 3. The third-order valence-corrected chi connectivity index (χ3v) is 6.30. The van der Waals surface area contributed by atoms with Crippen LogP contribution in [0.5, 0.6) is 0 Å². The molecule has 4 rings (SSSR count). The lowest BCUT2D eigenvalue weighted by atomic mass is 10.1. The largest absolute Gasteiger partial charge is 0.353 e. The van der Waals surface area contributed by atoms with Gasteiger partial charge in [-0.15, -0.1) is 11.8 Å². The zero-order valence-corrected chi connectivity index (χ0v) is 16.2. The van der Waals surface area contributed by atoms with Crippen LogP contribution in [-0.4, -0.2) is 47.7 Å². The zero-order valence-electron chi connectivity index (χ0n) is 14.7. The van der Waals surface area contributed by atoms with E-state index in [0.717, 1.165) is 32.0 Å². The molecule has 0 N–H and O–H groups in total. The second-order valence-electron chi connectivity index (χ2n) is 6.78. The van der Waals surface area contributed by atoms with Crippen LogP contribution in [0.15, 0.2) is 41.4 Å². The number of thioether (sulfide) groups is 1. The molecule has 0 spiro atoms. The first-order chi connectivity index (χ1) is 12.7. The van der Waals surface area contributed by atoms with Crippen LogP contribution in [0.1, 0.15) is 17.5 Å². The van der Waals surface area contributed by atoms with Gasteiger partial charge in [0.1, 0.15) is 5.82 Å². The number of pyridine rings is 1. The van der Waals surface area contributed by atoms with E-state index in [2.05, 4.69) is 28.1 Å². The van der Waals surface area contributed by atoms with Gasteiger partial charge in [0.25, 0.3) is 0 Å². The standard InChI is InChI=1S/C20H22ClN3OS/c21-17-5-7-19(22-13-17)23-8-10-24(11-9-23)20(25)14-26-18-6-4-15-2-1-3-16(15)12-18/h4-7,12-13H,1-3,8-11,14H2. The Hall–Kier alpha value is -1.72. The minimum absolute atomic E-state index is 0.221. The highest BCUT2D eigenvalue weighted by atomic mass is 35.5. The van der Waals surface area contributed by atoms with Crippen LogP contribution in [0.4, 0.5) is 5.82 Å². The second kappa shape index (κ2) is 7.89. The molecule has 4 nitrogen and oxygen atoms in total. The molecule has 0 atom stereocenters. The number of carbonyl (C=O) groups excluding carboxylic acids is 1. The van der Waals surface area contributed by atoms with Gasteiger partial charge in [-0.05, 0) is 54.7 Å². The van der Waals surface area contributed by atoms with Crippen molar-refractivity contribution in [2.75, 3.05) is 36.8 Å². The number of aromatic nitrogens is 1. The third kappa shape index (κ3) is 3.99. The fourth-order valence-electron chi connectivity index (χ4n) is 3.61. The molecule has 136 valence electrons. The van der Waals surface area contributed by atoms with Crippen LogP contribution in [0.25, 0.3) is 0 Å². The lowest BCUT2D eigenvalue weighted by molar-refractivity contribution is -0.128. The number of halogens is 1. The van der Waals surface area contributed by atoms with Crippen molar-refractivity contribution in [1.29, 1.82) is 0 Å². The maximum Gasteiger partial charge on any atom is 0.233 e. The van der Waals surface area contributed by atoms with E-state index in [0.29, 0.717) is 10.8 Å². The van der Waals surface area contributed by atoms with E-state index in [4.69, 9.17) is 11.6 Å². The Morgan fingerprint density at radius 3 is 2.65 bits per heavy atom. The van der Waals surface area contributed by atoms with Crippen LogP contribution >= 0.6 is 23.4 Å². The summed E-state index contributed by atoms with van der Waals surface area (Å²) >= 11 is 7.55. The van der Waals surface area contributed by atoms with Gasteiger partial charge in [-0.1, -0.05) is 17.7 Å². The first kappa shape index (κ1) is 17.7. The number of amides is 1. The topological polar surface area (TPSA) is 36.4 Å². The fourth-order valence-corrected chi connectivity index (χ4v) is 4.59. The molecular formula is C20H22ClN3OS. The van der Waals surface area contributed by atoms with Crippen molar-refractivity contribution in [3.8, 4) is 0 Å². The minimum atomic E-state index is 0.221. The van der Waals surface area contributed by atoms with Crippen molar-refractivity contribution < 1.29 is 4.79 Å². The Bertz CT molecular complexity index is 788. The predicted molar refractivity (Wildman–Crippen MR) is 107 cm³/mol. The predicted octanol–water partition coefficient (Wildman–Crippen LogP) is 3.66. The van der Waals surface area contributed by atoms with E-state index < -0.39 is 0 Å². The molecule has 1 aliphatic carbocycles. The third-order valence-electron chi connectivity index (χ3n) is 5.10. The molecule has 1 aromatic heterocycles. The normalized spacial score (nSPS) is 16.7. The number of fused-ring (bicyclic) bond motifs is 1. The summed E-state index contributed by atoms with van der Waals surface area (Å²) in [5.74, 6) is 1.66. The van der Waals surface area contributed by atoms with Gasteiger partial charge in [0, 0.05) is 37.3 Å². The molecule has 0 saturated carbocycles. The molecule has 1 saturated heterocycles. The Morgan fingerprint density at radius 2 is 1.88 bits per heavy atom. The first-order valence-electron chi connectivity index (χ1n) is 9.08. The summed E-state index contributed by atoms with van der Waals surface area (Å²) in [5.41, 5.74) is 2.94. The van der Waals surface area contributed by atoms with Crippen molar-refractivity contribution in [3.63, 3.8) is 0 Å². The summed E-state index contributed by atoms with van der Waals surface area (Å²) in [6, 6.07) is 10.4. The van der Waals surface area contributed by atoms with Gasteiger partial charge in [0.2, 0.25) is 5.91 Å². The van der Waals surface area contributed by atoms with Gasteiger partial charge in [-0.3, -0.25) is 4.79 Å². The van der Waals surface area contributed by atoms with E-state index >= 15 is 0 Å². The molecule has 26 heavy (non-hydrogen) atoms. The van der Waals surface area contributed by atoms with Gasteiger partial charge >= 0.3 is 0 Å². The molecule has 1 fully saturated rings. The summed E-state index contributed by atoms with van der Waals surface area (Å²) in [6.07, 6.45) is 5.31. The number of hydrogen-bond donors (Lipinski definition) is 0. The highest BCUT2D eigenvalue weighted by Crippen LogP contribution is 2.28. The van der Waals surface area contributed by atoms with E-state index in [1.807, 2.05) is 17.0 Å². The fraction of sp³-hybridized carbons (Fsp3) is 0.400. The van der Waals surface area contributed by atoms with Crippen LogP contribution in [0.2, 0.25) is 5.02 Å². The van der Waals surface area contributed by atoms with Gasteiger partial charge in [-0.2, -0.15) is 0 Å².